The van der Waals surface area contributed by atoms with Crippen molar-refractivity contribution in [3.8, 4) is 0 Å². The van der Waals surface area contributed by atoms with Crippen molar-refractivity contribution in [2.24, 2.45) is 11.7 Å². The highest BCUT2D eigenvalue weighted by molar-refractivity contribution is 7.89. The van der Waals surface area contributed by atoms with Gasteiger partial charge < -0.3 is 5.73 Å². The van der Waals surface area contributed by atoms with Crippen LogP contribution in [0.4, 0.5) is 0 Å². The fourth-order valence-electron chi connectivity index (χ4n) is 2.07. The van der Waals surface area contributed by atoms with Gasteiger partial charge >= 0.3 is 0 Å². The van der Waals surface area contributed by atoms with E-state index in [1.807, 2.05) is 0 Å². The second-order valence-electron chi connectivity index (χ2n) is 4.75. The van der Waals surface area contributed by atoms with Crippen molar-refractivity contribution in [3.63, 3.8) is 0 Å². The maximum absolute atomic E-state index is 12.0. The van der Waals surface area contributed by atoms with Crippen LogP contribution in [0.5, 0.6) is 0 Å². The molecule has 5 heteroatoms. The molecule has 0 saturated carbocycles. The van der Waals surface area contributed by atoms with E-state index in [9.17, 15) is 8.42 Å². The SMILES string of the molecule is CC1CCCN(S(=O)(=O)CCCCN)CC1. The first-order valence-electron chi connectivity index (χ1n) is 6.24. The third kappa shape index (κ3) is 4.39. The fraction of sp³-hybridized carbons (Fsp3) is 1.00. The summed E-state index contributed by atoms with van der Waals surface area (Å²) in [6.45, 7) is 4.18. The van der Waals surface area contributed by atoms with E-state index in [1.165, 1.54) is 0 Å². The first-order chi connectivity index (χ1) is 7.56. The maximum Gasteiger partial charge on any atom is 0.214 e. The van der Waals surface area contributed by atoms with Crippen molar-refractivity contribution in [3.05, 3.63) is 0 Å². The Hall–Kier alpha value is -0.130. The Kier molecular flexibility index (Phi) is 5.72. The molecule has 4 nitrogen and oxygen atoms in total. The number of nitrogens with zero attached hydrogens (tertiary/aromatic N) is 1. The minimum Gasteiger partial charge on any atom is -0.330 e. The van der Waals surface area contributed by atoms with E-state index in [2.05, 4.69) is 6.92 Å². The second-order valence-corrected chi connectivity index (χ2v) is 6.84. The van der Waals surface area contributed by atoms with Gasteiger partial charge in [-0.05, 0) is 44.6 Å². The summed E-state index contributed by atoms with van der Waals surface area (Å²) in [5.41, 5.74) is 5.37. The molecule has 0 radical (unpaired) electrons. The Balaban J connectivity index is 2.47. The van der Waals surface area contributed by atoms with Gasteiger partial charge in [0.15, 0.2) is 0 Å². The summed E-state index contributed by atoms with van der Waals surface area (Å²) < 4.78 is 25.7. The van der Waals surface area contributed by atoms with Crippen molar-refractivity contribution < 1.29 is 8.42 Å². The number of hydrogen-bond acceptors (Lipinski definition) is 3. The smallest absolute Gasteiger partial charge is 0.214 e. The van der Waals surface area contributed by atoms with Crippen LogP contribution in [0.15, 0.2) is 0 Å². The molecule has 1 heterocycles. The summed E-state index contributed by atoms with van der Waals surface area (Å²) >= 11 is 0. The van der Waals surface area contributed by atoms with Crippen LogP contribution >= 0.6 is 0 Å². The molecule has 1 aliphatic rings. The molecule has 96 valence electrons. The molecule has 1 rings (SSSR count). The van der Waals surface area contributed by atoms with Crippen LogP contribution in [0.25, 0.3) is 0 Å². The van der Waals surface area contributed by atoms with E-state index in [0.717, 1.165) is 25.7 Å². The predicted molar refractivity (Wildman–Crippen MR) is 66.7 cm³/mol. The summed E-state index contributed by atoms with van der Waals surface area (Å²) in [6, 6.07) is 0. The van der Waals surface area contributed by atoms with Gasteiger partial charge in [-0.15, -0.1) is 0 Å². The van der Waals surface area contributed by atoms with E-state index < -0.39 is 10.0 Å². The first kappa shape index (κ1) is 13.9. The summed E-state index contributed by atoms with van der Waals surface area (Å²) in [5.74, 6) is 0.919. The Morgan fingerprint density at radius 2 is 2.00 bits per heavy atom. The van der Waals surface area contributed by atoms with Crippen molar-refractivity contribution in [2.45, 2.75) is 39.0 Å². The third-order valence-electron chi connectivity index (χ3n) is 3.23. The fourth-order valence-corrected chi connectivity index (χ4v) is 3.69. The van der Waals surface area contributed by atoms with E-state index >= 15 is 0 Å². The summed E-state index contributed by atoms with van der Waals surface area (Å²) in [7, 11) is -3.02. The summed E-state index contributed by atoms with van der Waals surface area (Å²) in [5, 5.41) is 0. The Bertz CT molecular complexity index is 290. The second kappa shape index (κ2) is 6.57. The predicted octanol–water partition coefficient (Wildman–Crippen LogP) is 1.18. The lowest BCUT2D eigenvalue weighted by atomic mass is 10.0. The lowest BCUT2D eigenvalue weighted by molar-refractivity contribution is 0.415. The average Bonchev–Trinajstić information content (AvgIpc) is 2.43. The molecule has 0 amide bonds. The molecule has 0 aliphatic carbocycles. The Labute approximate surface area is 99.2 Å². The Morgan fingerprint density at radius 3 is 2.69 bits per heavy atom. The number of rotatable bonds is 5. The van der Waals surface area contributed by atoms with E-state index in [0.29, 0.717) is 32.0 Å². The number of nitrogens with two attached hydrogens (primary N) is 1. The van der Waals surface area contributed by atoms with Crippen LogP contribution in [0, 0.1) is 5.92 Å². The van der Waals surface area contributed by atoms with Gasteiger partial charge in [0.05, 0.1) is 5.75 Å². The summed E-state index contributed by atoms with van der Waals surface area (Å²) in [4.78, 5) is 0. The molecule has 16 heavy (non-hydrogen) atoms. The number of unbranched alkanes of at least 4 members (excludes halogenated alkanes) is 1. The van der Waals surface area contributed by atoms with Crippen molar-refractivity contribution in [1.29, 1.82) is 0 Å². The van der Waals surface area contributed by atoms with Crippen molar-refractivity contribution in [1.82, 2.24) is 4.31 Å². The van der Waals surface area contributed by atoms with Gasteiger partial charge in [-0.1, -0.05) is 6.92 Å². The largest absolute Gasteiger partial charge is 0.330 e. The van der Waals surface area contributed by atoms with Crippen LogP contribution in [-0.2, 0) is 10.0 Å². The highest BCUT2D eigenvalue weighted by atomic mass is 32.2. The zero-order valence-electron chi connectivity index (χ0n) is 10.2. The van der Waals surface area contributed by atoms with Crippen LogP contribution in [0.1, 0.15) is 39.0 Å². The van der Waals surface area contributed by atoms with Gasteiger partial charge in [-0.25, -0.2) is 12.7 Å². The molecule has 0 aromatic carbocycles. The van der Waals surface area contributed by atoms with Crippen LogP contribution < -0.4 is 5.73 Å². The molecule has 0 bridgehead atoms. The van der Waals surface area contributed by atoms with E-state index in [4.69, 9.17) is 5.73 Å². The quantitative estimate of drug-likeness (QED) is 0.743. The lowest BCUT2D eigenvalue weighted by Crippen LogP contribution is -2.34. The first-order valence-corrected chi connectivity index (χ1v) is 7.85. The van der Waals surface area contributed by atoms with Crippen LogP contribution in [-0.4, -0.2) is 38.1 Å². The van der Waals surface area contributed by atoms with Gasteiger partial charge in [-0.3, -0.25) is 0 Å². The van der Waals surface area contributed by atoms with Gasteiger partial charge in [-0.2, -0.15) is 0 Å². The Morgan fingerprint density at radius 1 is 1.25 bits per heavy atom. The molecular formula is C11H24N2O2S. The average molecular weight is 248 g/mol. The van der Waals surface area contributed by atoms with Gasteiger partial charge in [0.2, 0.25) is 10.0 Å². The molecule has 0 aromatic heterocycles. The minimum atomic E-state index is -3.02. The normalized spacial score (nSPS) is 24.2. The molecule has 1 aliphatic heterocycles. The number of hydrogen-bond donors (Lipinski definition) is 1. The van der Waals surface area contributed by atoms with Crippen LogP contribution in [0.2, 0.25) is 0 Å². The molecular weight excluding hydrogens is 224 g/mol. The molecule has 0 spiro atoms. The topological polar surface area (TPSA) is 63.4 Å². The van der Waals surface area contributed by atoms with Gasteiger partial charge in [0.25, 0.3) is 0 Å². The van der Waals surface area contributed by atoms with Crippen molar-refractivity contribution in [2.75, 3.05) is 25.4 Å². The molecule has 1 unspecified atom stereocenters. The van der Waals surface area contributed by atoms with Crippen LogP contribution in [0.3, 0.4) is 0 Å². The monoisotopic (exact) mass is 248 g/mol. The zero-order valence-corrected chi connectivity index (χ0v) is 11.0. The van der Waals surface area contributed by atoms with Gasteiger partial charge in [0, 0.05) is 13.1 Å². The molecule has 0 aromatic rings. The standard InChI is InChI=1S/C11H24N2O2S/c1-11-5-4-8-13(9-6-11)16(14,15)10-3-2-7-12/h11H,2-10,12H2,1H3. The highest BCUT2D eigenvalue weighted by Gasteiger charge is 2.23. The van der Waals surface area contributed by atoms with E-state index in [-0.39, 0.29) is 5.75 Å². The third-order valence-corrected chi connectivity index (χ3v) is 5.18. The molecule has 1 atom stereocenters. The van der Waals surface area contributed by atoms with E-state index in [1.54, 1.807) is 4.31 Å². The minimum absolute atomic E-state index is 0.262. The number of sulfonamides is 1. The summed E-state index contributed by atoms with van der Waals surface area (Å²) in [6.07, 6.45) is 4.62. The van der Waals surface area contributed by atoms with Crippen molar-refractivity contribution >= 4 is 10.0 Å². The van der Waals surface area contributed by atoms with Gasteiger partial charge in [0.1, 0.15) is 0 Å². The highest BCUT2D eigenvalue weighted by Crippen LogP contribution is 2.19. The molecule has 1 saturated heterocycles. The molecule has 1 fully saturated rings. The lowest BCUT2D eigenvalue weighted by Gasteiger charge is -2.19. The maximum atomic E-state index is 12.0. The zero-order chi connectivity index (χ0) is 12.0. The molecule has 2 N–H and O–H groups in total.